The van der Waals surface area contributed by atoms with Gasteiger partial charge in [-0.1, -0.05) is 54.6 Å². The van der Waals surface area contributed by atoms with Crippen molar-refractivity contribution in [2.75, 3.05) is 0 Å². The Balaban J connectivity index is 1.77. The first-order valence-corrected chi connectivity index (χ1v) is 8.65. The lowest BCUT2D eigenvalue weighted by Crippen LogP contribution is -2.16. The SMILES string of the molecule is O=C(c1ccccc1)C(Cc1nccc2ccccc12)c1ccncc1. The van der Waals surface area contributed by atoms with Crippen molar-refractivity contribution in [1.82, 2.24) is 9.97 Å². The van der Waals surface area contributed by atoms with E-state index in [-0.39, 0.29) is 11.7 Å². The molecule has 0 aliphatic rings. The molecule has 3 heteroatoms. The van der Waals surface area contributed by atoms with Gasteiger partial charge in [-0.05, 0) is 29.1 Å². The third kappa shape index (κ3) is 3.24. The van der Waals surface area contributed by atoms with Crippen molar-refractivity contribution in [2.24, 2.45) is 0 Å². The Bertz CT molecular complexity index is 1020. The topological polar surface area (TPSA) is 42.9 Å². The number of nitrogens with zero attached hydrogens (tertiary/aromatic N) is 2. The summed E-state index contributed by atoms with van der Waals surface area (Å²) >= 11 is 0. The molecule has 26 heavy (non-hydrogen) atoms. The number of Topliss-reactive ketones (excluding diaryl/α,β-unsaturated/α-hetero) is 1. The summed E-state index contributed by atoms with van der Waals surface area (Å²) in [5.41, 5.74) is 2.62. The molecule has 2 aromatic carbocycles. The fourth-order valence-corrected chi connectivity index (χ4v) is 3.30. The molecule has 2 aromatic heterocycles. The molecule has 0 radical (unpaired) electrons. The van der Waals surface area contributed by atoms with Gasteiger partial charge in [0.2, 0.25) is 0 Å². The van der Waals surface area contributed by atoms with Crippen LogP contribution in [0.2, 0.25) is 0 Å². The highest BCUT2D eigenvalue weighted by atomic mass is 16.1. The van der Waals surface area contributed by atoms with Crippen LogP contribution >= 0.6 is 0 Å². The van der Waals surface area contributed by atoms with Gasteiger partial charge in [0.25, 0.3) is 0 Å². The monoisotopic (exact) mass is 338 g/mol. The van der Waals surface area contributed by atoms with Gasteiger partial charge in [-0.25, -0.2) is 0 Å². The van der Waals surface area contributed by atoms with Crippen LogP contribution in [0.1, 0.15) is 27.5 Å². The van der Waals surface area contributed by atoms with E-state index >= 15 is 0 Å². The molecule has 0 N–H and O–H groups in total. The fourth-order valence-electron chi connectivity index (χ4n) is 3.30. The number of hydrogen-bond donors (Lipinski definition) is 0. The summed E-state index contributed by atoms with van der Waals surface area (Å²) in [6.07, 6.45) is 5.83. The first kappa shape index (κ1) is 16.2. The van der Waals surface area contributed by atoms with Crippen molar-refractivity contribution in [3.05, 3.63) is 108 Å². The molecular weight excluding hydrogens is 320 g/mol. The highest BCUT2D eigenvalue weighted by molar-refractivity contribution is 6.01. The Hall–Kier alpha value is -3.33. The number of hydrogen-bond acceptors (Lipinski definition) is 3. The third-order valence-corrected chi connectivity index (χ3v) is 4.64. The number of pyridine rings is 2. The zero-order chi connectivity index (χ0) is 17.8. The van der Waals surface area contributed by atoms with Crippen LogP contribution in [0.4, 0.5) is 0 Å². The Morgan fingerprint density at radius 1 is 0.808 bits per heavy atom. The molecule has 4 rings (SSSR count). The molecule has 0 aliphatic heterocycles. The number of ketones is 1. The first-order valence-electron chi connectivity index (χ1n) is 8.65. The van der Waals surface area contributed by atoms with Gasteiger partial charge in [0.1, 0.15) is 0 Å². The fraction of sp³-hybridized carbons (Fsp3) is 0.0870. The van der Waals surface area contributed by atoms with Gasteiger partial charge in [0, 0.05) is 41.7 Å². The van der Waals surface area contributed by atoms with E-state index in [2.05, 4.69) is 22.1 Å². The molecule has 0 bridgehead atoms. The number of aromatic nitrogens is 2. The molecule has 0 fully saturated rings. The highest BCUT2D eigenvalue weighted by Crippen LogP contribution is 2.27. The highest BCUT2D eigenvalue weighted by Gasteiger charge is 2.23. The lowest BCUT2D eigenvalue weighted by molar-refractivity contribution is 0.0958. The minimum atomic E-state index is -0.293. The van der Waals surface area contributed by atoms with Gasteiger partial charge in [-0.15, -0.1) is 0 Å². The summed E-state index contributed by atoms with van der Waals surface area (Å²) in [5, 5.41) is 2.23. The standard InChI is InChI=1S/C23H18N2O/c26-23(19-7-2-1-3-8-19)21(18-10-13-24-14-11-18)16-22-20-9-5-4-6-17(20)12-15-25-22/h1-15,21H,16H2. The molecule has 1 atom stereocenters. The zero-order valence-corrected chi connectivity index (χ0v) is 14.2. The molecule has 2 heterocycles. The van der Waals surface area contributed by atoms with Crippen LogP contribution in [0.3, 0.4) is 0 Å². The second-order valence-electron chi connectivity index (χ2n) is 6.25. The van der Waals surface area contributed by atoms with E-state index in [1.165, 1.54) is 0 Å². The van der Waals surface area contributed by atoms with E-state index in [1.807, 2.05) is 66.9 Å². The number of carbonyl (C=O) groups is 1. The molecule has 0 saturated heterocycles. The lowest BCUT2D eigenvalue weighted by atomic mass is 9.86. The summed E-state index contributed by atoms with van der Waals surface area (Å²) in [7, 11) is 0. The van der Waals surface area contributed by atoms with Crippen molar-refractivity contribution in [2.45, 2.75) is 12.3 Å². The van der Waals surface area contributed by atoms with Gasteiger partial charge in [0.05, 0.1) is 5.92 Å². The summed E-state index contributed by atoms with van der Waals surface area (Å²) < 4.78 is 0. The Labute approximate surface area is 152 Å². The number of benzene rings is 2. The summed E-state index contributed by atoms with van der Waals surface area (Å²) in [4.78, 5) is 21.9. The van der Waals surface area contributed by atoms with E-state index < -0.39 is 0 Å². The van der Waals surface area contributed by atoms with Crippen LogP contribution in [0, 0.1) is 0 Å². The van der Waals surface area contributed by atoms with Gasteiger partial charge in [-0.2, -0.15) is 0 Å². The van der Waals surface area contributed by atoms with Crippen molar-refractivity contribution < 1.29 is 4.79 Å². The summed E-state index contributed by atoms with van der Waals surface area (Å²) in [6.45, 7) is 0. The minimum absolute atomic E-state index is 0.103. The molecule has 4 aromatic rings. The van der Waals surface area contributed by atoms with Crippen molar-refractivity contribution in [3.63, 3.8) is 0 Å². The number of rotatable bonds is 5. The summed E-state index contributed by atoms with van der Waals surface area (Å²) in [6, 6.07) is 23.4. The average molecular weight is 338 g/mol. The van der Waals surface area contributed by atoms with Crippen LogP contribution in [-0.4, -0.2) is 15.8 Å². The normalized spacial score (nSPS) is 12.0. The first-order chi connectivity index (χ1) is 12.8. The maximum absolute atomic E-state index is 13.2. The van der Waals surface area contributed by atoms with Crippen LogP contribution in [0.25, 0.3) is 10.8 Å². The predicted molar refractivity (Wildman–Crippen MR) is 103 cm³/mol. The zero-order valence-electron chi connectivity index (χ0n) is 14.2. The van der Waals surface area contributed by atoms with Gasteiger partial charge in [-0.3, -0.25) is 14.8 Å². The largest absolute Gasteiger partial charge is 0.293 e. The van der Waals surface area contributed by atoms with Gasteiger partial charge < -0.3 is 0 Å². The Kier molecular flexibility index (Phi) is 4.52. The maximum Gasteiger partial charge on any atom is 0.170 e. The molecule has 3 nitrogen and oxygen atoms in total. The predicted octanol–water partition coefficient (Wildman–Crippen LogP) is 4.84. The van der Waals surface area contributed by atoms with E-state index in [0.29, 0.717) is 6.42 Å². The van der Waals surface area contributed by atoms with Gasteiger partial charge in [0.15, 0.2) is 5.78 Å². The van der Waals surface area contributed by atoms with Crippen molar-refractivity contribution in [3.8, 4) is 0 Å². The summed E-state index contributed by atoms with van der Waals surface area (Å²) in [5.74, 6) is -0.190. The lowest BCUT2D eigenvalue weighted by Gasteiger charge is -2.17. The minimum Gasteiger partial charge on any atom is -0.293 e. The number of carbonyl (C=O) groups excluding carboxylic acids is 1. The van der Waals surface area contributed by atoms with E-state index in [4.69, 9.17) is 0 Å². The number of fused-ring (bicyclic) bond motifs is 1. The van der Waals surface area contributed by atoms with Crippen LogP contribution in [0.5, 0.6) is 0 Å². The molecule has 0 aliphatic carbocycles. The smallest absolute Gasteiger partial charge is 0.170 e. The molecule has 1 unspecified atom stereocenters. The van der Waals surface area contributed by atoms with E-state index in [1.54, 1.807) is 12.4 Å². The van der Waals surface area contributed by atoms with Crippen LogP contribution in [0.15, 0.2) is 91.4 Å². The van der Waals surface area contributed by atoms with Crippen molar-refractivity contribution >= 4 is 16.6 Å². The van der Waals surface area contributed by atoms with Crippen LogP contribution in [-0.2, 0) is 6.42 Å². The molecular formula is C23H18N2O. The average Bonchev–Trinajstić information content (AvgIpc) is 2.73. The molecule has 126 valence electrons. The second-order valence-corrected chi connectivity index (χ2v) is 6.25. The second kappa shape index (κ2) is 7.28. The van der Waals surface area contributed by atoms with E-state index in [9.17, 15) is 4.79 Å². The molecule has 0 saturated carbocycles. The van der Waals surface area contributed by atoms with Crippen LogP contribution < -0.4 is 0 Å². The quantitative estimate of drug-likeness (QED) is 0.489. The Morgan fingerprint density at radius 3 is 2.35 bits per heavy atom. The maximum atomic E-state index is 13.2. The molecule has 0 spiro atoms. The van der Waals surface area contributed by atoms with Gasteiger partial charge >= 0.3 is 0 Å². The molecule has 0 amide bonds. The van der Waals surface area contributed by atoms with Crippen molar-refractivity contribution in [1.29, 1.82) is 0 Å². The third-order valence-electron chi connectivity index (χ3n) is 4.64. The Morgan fingerprint density at radius 2 is 1.54 bits per heavy atom. The van der Waals surface area contributed by atoms with E-state index in [0.717, 1.165) is 27.6 Å².